The first-order valence-electron chi connectivity index (χ1n) is 7.18. The molecule has 0 spiro atoms. The summed E-state index contributed by atoms with van der Waals surface area (Å²) < 4.78 is 0. The molecule has 0 heterocycles. The van der Waals surface area contributed by atoms with Gasteiger partial charge in [-0.2, -0.15) is 0 Å². The molecule has 0 atom stereocenters. The Balaban J connectivity index is 0.000000433. The Hall–Kier alpha value is -2.60. The minimum absolute atomic E-state index is 1.17. The van der Waals surface area contributed by atoms with Gasteiger partial charge in [0, 0.05) is 17.1 Å². The molecule has 3 rings (SSSR count). The molecule has 3 N–H and O–H groups in total. The zero-order valence-corrected chi connectivity index (χ0v) is 12.5. The van der Waals surface area contributed by atoms with Gasteiger partial charge in [-0.05, 0) is 36.4 Å². The highest BCUT2D eigenvalue weighted by atomic mass is 16.5. The van der Waals surface area contributed by atoms with Crippen LogP contribution >= 0.6 is 0 Å². The third kappa shape index (κ3) is 5.27. The van der Waals surface area contributed by atoms with Crippen LogP contribution in [0.1, 0.15) is 0 Å². The van der Waals surface area contributed by atoms with Crippen LogP contribution in [0, 0.1) is 0 Å². The Morgan fingerprint density at radius 1 is 0.478 bits per heavy atom. The fourth-order valence-electron chi connectivity index (χ4n) is 2.18. The number of hydrogen-bond acceptors (Lipinski definition) is 4. The van der Waals surface area contributed by atoms with Crippen LogP contribution in [-0.2, 0) is 0 Å². The van der Waals surface area contributed by atoms with Crippen LogP contribution in [0.5, 0.6) is 0 Å². The van der Waals surface area contributed by atoms with Gasteiger partial charge in [-0.15, -0.1) is 0 Å². The van der Waals surface area contributed by atoms with E-state index in [1.807, 2.05) is 18.2 Å². The van der Waals surface area contributed by atoms with Crippen LogP contribution in [-0.4, -0.2) is 22.4 Å². The largest absolute Gasteiger partial charge is 0.631 e. The predicted octanol–water partition coefficient (Wildman–Crippen LogP) is 3.10. The number of nitrogens with zero attached hydrogens (tertiary/aromatic N) is 1. The number of para-hydroxylation sites is 3. The fourth-order valence-corrected chi connectivity index (χ4v) is 2.18. The first-order valence-corrected chi connectivity index (χ1v) is 7.18. The average molecular weight is 307 g/mol. The zero-order chi connectivity index (χ0) is 16.5. The normalized spacial score (nSPS) is 9.52. The molecule has 5 heteroatoms. The molecule has 0 radical (unpaired) electrons. The van der Waals surface area contributed by atoms with Crippen molar-refractivity contribution in [3.8, 4) is 0 Å². The first kappa shape index (κ1) is 16.8. The Bertz CT molecular complexity index is 582. The summed E-state index contributed by atoms with van der Waals surface area (Å²) in [5.41, 5.74) is 3.50. The summed E-state index contributed by atoms with van der Waals surface area (Å²) in [7, 11) is -2.17. The molecule has 0 fully saturated rings. The van der Waals surface area contributed by atoms with Gasteiger partial charge in [-0.1, -0.05) is 54.6 Å². The lowest BCUT2D eigenvalue weighted by molar-refractivity contribution is 0.278. The summed E-state index contributed by atoms with van der Waals surface area (Å²) in [4.78, 5) is 2.25. The molecule has 3 aromatic carbocycles. The van der Waals surface area contributed by atoms with Crippen molar-refractivity contribution in [2.75, 3.05) is 4.90 Å². The Labute approximate surface area is 136 Å². The van der Waals surface area contributed by atoms with E-state index in [9.17, 15) is 0 Å². The maximum atomic E-state index is 7.17. The van der Waals surface area contributed by atoms with Crippen LogP contribution in [0.2, 0.25) is 0 Å². The van der Waals surface area contributed by atoms with Crippen molar-refractivity contribution in [2.45, 2.75) is 0 Å². The number of benzene rings is 3. The van der Waals surface area contributed by atoms with E-state index in [0.29, 0.717) is 0 Å². The SMILES string of the molecule is OB(O)O.c1ccc(N(c2ccccc2)c2ccccc2)cc1. The van der Waals surface area contributed by atoms with Crippen LogP contribution < -0.4 is 4.90 Å². The van der Waals surface area contributed by atoms with Crippen LogP contribution in [0.3, 0.4) is 0 Å². The first-order chi connectivity index (χ1) is 11.2. The quantitative estimate of drug-likeness (QED) is 0.651. The lowest BCUT2D eigenvalue weighted by Crippen LogP contribution is -2.09. The predicted molar refractivity (Wildman–Crippen MR) is 93.5 cm³/mol. The van der Waals surface area contributed by atoms with Crippen LogP contribution in [0.15, 0.2) is 91.0 Å². The molecule has 0 aliphatic heterocycles. The maximum absolute atomic E-state index is 7.17. The molecule has 0 bridgehead atoms. The topological polar surface area (TPSA) is 63.9 Å². The molecule has 0 aromatic heterocycles. The number of anilines is 3. The van der Waals surface area contributed by atoms with E-state index >= 15 is 0 Å². The minimum atomic E-state index is -2.17. The van der Waals surface area contributed by atoms with E-state index in [2.05, 4.69) is 77.7 Å². The van der Waals surface area contributed by atoms with Crippen LogP contribution in [0.25, 0.3) is 0 Å². The van der Waals surface area contributed by atoms with Crippen molar-refractivity contribution in [1.82, 2.24) is 0 Å². The van der Waals surface area contributed by atoms with Crippen molar-refractivity contribution in [3.05, 3.63) is 91.0 Å². The lowest BCUT2D eigenvalue weighted by atomic mass is 10.2. The standard InChI is InChI=1S/C18H15N.BH3O3/c1-4-10-16(11-5-1)19(17-12-6-2-7-13-17)18-14-8-3-9-15-18;2-1(3)4/h1-15H;2-4H. The molecular formula is C18H18BNO3. The third-order valence-electron chi connectivity index (χ3n) is 3.04. The monoisotopic (exact) mass is 307 g/mol. The Kier molecular flexibility index (Phi) is 6.38. The molecule has 0 saturated carbocycles. The second-order valence-corrected chi connectivity index (χ2v) is 4.69. The molecule has 4 nitrogen and oxygen atoms in total. The number of hydrogen-bond donors (Lipinski definition) is 3. The highest BCUT2D eigenvalue weighted by molar-refractivity contribution is 6.30. The van der Waals surface area contributed by atoms with Crippen molar-refractivity contribution in [2.24, 2.45) is 0 Å². The summed E-state index contributed by atoms with van der Waals surface area (Å²) in [5.74, 6) is 0. The summed E-state index contributed by atoms with van der Waals surface area (Å²) in [5, 5.41) is 21.5. The van der Waals surface area contributed by atoms with E-state index in [-0.39, 0.29) is 0 Å². The van der Waals surface area contributed by atoms with E-state index in [0.717, 1.165) is 0 Å². The second-order valence-electron chi connectivity index (χ2n) is 4.69. The van der Waals surface area contributed by atoms with Crippen molar-refractivity contribution in [1.29, 1.82) is 0 Å². The smallest absolute Gasteiger partial charge is 0.402 e. The van der Waals surface area contributed by atoms with Gasteiger partial charge in [0.05, 0.1) is 0 Å². The summed E-state index contributed by atoms with van der Waals surface area (Å²) >= 11 is 0. The maximum Gasteiger partial charge on any atom is 0.631 e. The van der Waals surface area contributed by atoms with E-state index in [1.165, 1.54) is 17.1 Å². The minimum Gasteiger partial charge on any atom is -0.402 e. The molecule has 3 aromatic rings. The summed E-state index contributed by atoms with van der Waals surface area (Å²) in [6.45, 7) is 0. The molecule has 0 unspecified atom stereocenters. The zero-order valence-electron chi connectivity index (χ0n) is 12.5. The van der Waals surface area contributed by atoms with Gasteiger partial charge < -0.3 is 20.0 Å². The van der Waals surface area contributed by atoms with Gasteiger partial charge in [0.15, 0.2) is 0 Å². The van der Waals surface area contributed by atoms with Gasteiger partial charge in [0.25, 0.3) is 0 Å². The summed E-state index contributed by atoms with van der Waals surface area (Å²) in [6, 6.07) is 31.3. The molecule has 23 heavy (non-hydrogen) atoms. The summed E-state index contributed by atoms with van der Waals surface area (Å²) in [6.07, 6.45) is 0. The van der Waals surface area contributed by atoms with Crippen molar-refractivity contribution in [3.63, 3.8) is 0 Å². The molecular weight excluding hydrogens is 289 g/mol. The average Bonchev–Trinajstić information content (AvgIpc) is 2.58. The highest BCUT2D eigenvalue weighted by Gasteiger charge is 2.10. The van der Waals surface area contributed by atoms with Gasteiger partial charge in [0.2, 0.25) is 0 Å². The highest BCUT2D eigenvalue weighted by Crippen LogP contribution is 2.33. The van der Waals surface area contributed by atoms with E-state index in [1.54, 1.807) is 0 Å². The van der Waals surface area contributed by atoms with Crippen LogP contribution in [0.4, 0.5) is 17.1 Å². The van der Waals surface area contributed by atoms with Gasteiger partial charge >= 0.3 is 7.32 Å². The van der Waals surface area contributed by atoms with E-state index in [4.69, 9.17) is 15.1 Å². The second kappa shape index (κ2) is 8.75. The fraction of sp³-hybridized carbons (Fsp3) is 0. The molecule has 0 saturated heterocycles. The third-order valence-corrected chi connectivity index (χ3v) is 3.04. The molecule has 116 valence electrons. The number of rotatable bonds is 3. The van der Waals surface area contributed by atoms with Crippen molar-refractivity contribution >= 4 is 24.4 Å². The van der Waals surface area contributed by atoms with Gasteiger partial charge in [-0.3, -0.25) is 0 Å². The Morgan fingerprint density at radius 3 is 0.913 bits per heavy atom. The Morgan fingerprint density at radius 2 is 0.696 bits per heavy atom. The van der Waals surface area contributed by atoms with Gasteiger partial charge in [0.1, 0.15) is 0 Å². The van der Waals surface area contributed by atoms with Crippen molar-refractivity contribution < 1.29 is 15.1 Å². The molecule has 0 amide bonds. The molecule has 0 aliphatic carbocycles. The van der Waals surface area contributed by atoms with Gasteiger partial charge in [-0.25, -0.2) is 0 Å². The molecule has 0 aliphatic rings. The van der Waals surface area contributed by atoms with E-state index < -0.39 is 7.32 Å². The lowest BCUT2D eigenvalue weighted by Gasteiger charge is -2.25.